The minimum Gasteiger partial charge on any atom is -0.756 e. The number of phosphoric acid groups is 4. The Morgan fingerprint density at radius 1 is 0.442 bits per heavy atom. The van der Waals surface area contributed by atoms with Crippen molar-refractivity contribution in [2.24, 2.45) is 0 Å². The smallest absolute Gasteiger partial charge is 0.262 e. The van der Waals surface area contributed by atoms with Gasteiger partial charge in [0.2, 0.25) is 0 Å². The molecule has 52 heavy (non-hydrogen) atoms. The van der Waals surface area contributed by atoms with Crippen LogP contribution in [0.2, 0.25) is 0 Å². The molecule has 0 spiro atoms. The van der Waals surface area contributed by atoms with E-state index in [2.05, 4.69) is 17.2 Å². The molecule has 28 heteroatoms. The van der Waals surface area contributed by atoms with E-state index in [-0.39, 0.29) is 5.48 Å². The Labute approximate surface area is 296 Å². The number of benzene rings is 3. The molecule has 0 atom stereocenters. The van der Waals surface area contributed by atoms with Crippen LogP contribution in [0.4, 0.5) is 17.1 Å². The SMILES string of the molecule is O.O=P([O-])(O)O.O=P([O-])(O)O.O=P([O-])(O)O.O=P([O-])(O)O.[NH3+]c1ccc(OCC[NH+](CCOc2ccc([NH3+])cc2)CCOc2ccc([NH3+])cc2)cc1. The second kappa shape index (κ2) is 27.0. The predicted molar refractivity (Wildman–Crippen MR) is 171 cm³/mol. The van der Waals surface area contributed by atoms with Gasteiger partial charge >= 0.3 is 0 Å². The van der Waals surface area contributed by atoms with Crippen LogP contribution in [0, 0.1) is 0 Å². The summed E-state index contributed by atoms with van der Waals surface area (Å²) in [7, 11) is -19.6. The predicted octanol–water partition coefficient (Wildman–Crippen LogP) is -7.34. The average molecular weight is 833 g/mol. The third-order valence-electron chi connectivity index (χ3n) is 4.94. The number of quaternary nitrogens is 4. The lowest BCUT2D eigenvalue weighted by molar-refractivity contribution is -0.900. The molecule has 0 unspecified atom stereocenters. The van der Waals surface area contributed by atoms with Crippen LogP contribution in [0.25, 0.3) is 0 Å². The lowest BCUT2D eigenvalue weighted by Gasteiger charge is -2.20. The minimum atomic E-state index is -4.89. The number of nitrogens with one attached hydrogen (secondary N) is 1. The second-order valence-corrected chi connectivity index (χ2v) is 13.4. The Balaban J connectivity index is -0.000000937. The van der Waals surface area contributed by atoms with Crippen molar-refractivity contribution in [1.29, 1.82) is 0 Å². The maximum absolute atomic E-state index is 8.77. The second-order valence-electron chi connectivity index (χ2n) is 9.44. The van der Waals surface area contributed by atoms with E-state index >= 15 is 0 Å². The van der Waals surface area contributed by atoms with Crippen LogP contribution in [-0.4, -0.2) is 84.1 Å². The van der Waals surface area contributed by atoms with Crippen LogP contribution in [0.1, 0.15) is 0 Å². The van der Waals surface area contributed by atoms with Gasteiger partial charge in [0.1, 0.15) is 73.8 Å². The first kappa shape index (κ1) is 53.7. The van der Waals surface area contributed by atoms with Crippen molar-refractivity contribution in [2.45, 2.75) is 0 Å². The van der Waals surface area contributed by atoms with Crippen LogP contribution in [0.5, 0.6) is 17.2 Å². The lowest BCUT2D eigenvalue weighted by atomic mass is 10.3. The zero-order chi connectivity index (χ0) is 39.9. The van der Waals surface area contributed by atoms with Crippen molar-refractivity contribution in [3.63, 3.8) is 0 Å². The molecule has 3 aromatic rings. The van der Waals surface area contributed by atoms with Crippen molar-refractivity contribution in [2.75, 3.05) is 39.5 Å². The quantitative estimate of drug-likeness (QED) is 0.0754. The average Bonchev–Trinajstić information content (AvgIpc) is 2.92. The van der Waals surface area contributed by atoms with Gasteiger partial charge in [-0.3, -0.25) is 18.3 Å². The monoisotopic (exact) mass is 832 g/mol. The molecule has 300 valence electrons. The van der Waals surface area contributed by atoms with E-state index in [1.54, 1.807) is 0 Å². The van der Waals surface area contributed by atoms with Gasteiger partial charge < -0.3 is 101 Å². The molecule has 0 aromatic heterocycles. The van der Waals surface area contributed by atoms with E-state index in [4.69, 9.17) is 91.2 Å². The van der Waals surface area contributed by atoms with Gasteiger partial charge in [-0.25, -0.2) is 0 Å². The van der Waals surface area contributed by atoms with E-state index in [1.165, 1.54) is 4.90 Å². The zero-order valence-electron chi connectivity index (χ0n) is 27.1. The summed E-state index contributed by atoms with van der Waals surface area (Å²) in [6.07, 6.45) is 0. The minimum absolute atomic E-state index is 0. The number of hydrogen-bond acceptors (Lipinski definition) is 11. The van der Waals surface area contributed by atoms with E-state index in [9.17, 15) is 0 Å². The first-order chi connectivity index (χ1) is 23.1. The van der Waals surface area contributed by atoms with Crippen LogP contribution >= 0.6 is 31.3 Å². The molecule has 0 aliphatic heterocycles. The summed E-state index contributed by atoms with van der Waals surface area (Å²) >= 11 is 0. The molecule has 0 fully saturated rings. The van der Waals surface area contributed by atoms with Gasteiger partial charge in [-0.15, -0.1) is 0 Å². The Bertz CT molecular complexity index is 1310. The number of ether oxygens (including phenoxy) is 3. The van der Waals surface area contributed by atoms with Crippen molar-refractivity contribution in [1.82, 2.24) is 0 Å². The molecule has 24 nitrogen and oxygen atoms in total. The summed E-state index contributed by atoms with van der Waals surface area (Å²) in [5, 5.41) is 0. The van der Waals surface area contributed by atoms with Crippen molar-refractivity contribution in [3.8, 4) is 17.2 Å². The highest BCUT2D eigenvalue weighted by Gasteiger charge is 2.11. The summed E-state index contributed by atoms with van der Waals surface area (Å²) < 4.78 is 52.8. The lowest BCUT2D eigenvalue weighted by Crippen LogP contribution is -3.13. The summed E-state index contributed by atoms with van der Waals surface area (Å²) in [5.41, 5.74) is 14.6. The van der Waals surface area contributed by atoms with Crippen molar-refractivity contribution in [3.05, 3.63) is 72.8 Å². The molecule has 3 rings (SSSR count). The molecule has 0 aliphatic rings. The highest BCUT2D eigenvalue weighted by atomic mass is 31.2. The third-order valence-corrected chi connectivity index (χ3v) is 4.94. The molecule has 0 heterocycles. The molecule has 0 amide bonds. The number of rotatable bonds is 12. The topological polar surface area (TPSA) is 469 Å². The normalized spacial score (nSPS) is 11.0. The maximum atomic E-state index is 8.77. The van der Waals surface area contributed by atoms with Gasteiger partial charge in [-0.1, -0.05) is 0 Å². The Hall–Kier alpha value is -2.70. The molecule has 0 bridgehead atoms. The summed E-state index contributed by atoms with van der Waals surface area (Å²) in [5.74, 6) is 2.59. The van der Waals surface area contributed by atoms with Crippen LogP contribution < -0.4 is 55.9 Å². The fourth-order valence-corrected chi connectivity index (χ4v) is 3.07. The van der Waals surface area contributed by atoms with Crippen molar-refractivity contribution >= 4 is 48.4 Å². The highest BCUT2D eigenvalue weighted by Crippen LogP contribution is 2.20. The van der Waals surface area contributed by atoms with Crippen LogP contribution in [0.3, 0.4) is 0 Å². The molecule has 3 aromatic carbocycles. The van der Waals surface area contributed by atoms with E-state index < -0.39 is 31.3 Å². The van der Waals surface area contributed by atoms with Gasteiger partial charge in [-0.2, -0.15) is 0 Å². The molecule has 0 saturated carbocycles. The van der Waals surface area contributed by atoms with Gasteiger partial charge in [0.25, 0.3) is 31.3 Å². The van der Waals surface area contributed by atoms with Gasteiger partial charge in [-0.05, 0) is 36.4 Å². The van der Waals surface area contributed by atoms with Crippen molar-refractivity contribution < 1.29 is 119 Å². The van der Waals surface area contributed by atoms with Gasteiger partial charge in [0, 0.05) is 36.4 Å². The fourth-order valence-electron chi connectivity index (χ4n) is 3.07. The molecular weight excluding hydrogens is 788 g/mol. The summed E-state index contributed by atoms with van der Waals surface area (Å²) in [6.45, 7) is 4.44. The molecule has 0 saturated heterocycles. The first-order valence-corrected chi connectivity index (χ1v) is 19.7. The van der Waals surface area contributed by atoms with E-state index in [1.807, 2.05) is 72.8 Å². The van der Waals surface area contributed by atoms with E-state index in [0.29, 0.717) is 19.8 Å². The van der Waals surface area contributed by atoms with Gasteiger partial charge in [0.05, 0.1) is 0 Å². The Kier molecular flexibility index (Phi) is 27.8. The standard InChI is InChI=1S/C24H30N4O3.4H3O4P.H2O/c25-19-1-7-22(8-2-19)29-16-13-28(14-17-30-23-9-3-20(26)4-10-23)15-18-31-24-11-5-21(27)6-12-24;4*1-5(2,3)4;/h1-12H,13-18,25-27H2;4*(H3,1,2,3,4);1H2. The zero-order valence-corrected chi connectivity index (χ0v) is 30.7. The highest BCUT2D eigenvalue weighted by molar-refractivity contribution is 7.44. The largest absolute Gasteiger partial charge is 0.756 e. The van der Waals surface area contributed by atoms with Crippen LogP contribution in [-0.2, 0) is 18.3 Å². The molecule has 20 N–H and O–H groups in total. The molecule has 0 aliphatic carbocycles. The molecular formula is C24H44N4O20P4. The fraction of sp³-hybridized carbons (Fsp3) is 0.250. The third kappa shape index (κ3) is 49.4. The first-order valence-electron chi connectivity index (χ1n) is 13.6. The number of hydrogen-bond donors (Lipinski definition) is 12. The Morgan fingerprint density at radius 2 is 0.596 bits per heavy atom. The molecule has 0 radical (unpaired) electrons. The summed E-state index contributed by atoms with van der Waals surface area (Å²) in [4.78, 5) is 93.1. The maximum Gasteiger partial charge on any atom is 0.262 e. The summed E-state index contributed by atoms with van der Waals surface area (Å²) in [6, 6.07) is 23.4. The Morgan fingerprint density at radius 3 is 0.750 bits per heavy atom. The van der Waals surface area contributed by atoms with Gasteiger partial charge in [0.15, 0.2) is 0 Å². The van der Waals surface area contributed by atoms with E-state index in [0.717, 1.165) is 53.9 Å². The van der Waals surface area contributed by atoms with Crippen LogP contribution in [0.15, 0.2) is 72.8 Å².